The number of nitro benzene ring substituents is 1. The maximum absolute atomic E-state index is 13.6. The summed E-state index contributed by atoms with van der Waals surface area (Å²) >= 11 is 9.56. The maximum atomic E-state index is 13.6. The lowest BCUT2D eigenvalue weighted by molar-refractivity contribution is -0.385. The molecule has 0 aliphatic carbocycles. The molecule has 21 heavy (non-hydrogen) atoms. The first-order valence-corrected chi connectivity index (χ1v) is 8.28. The third kappa shape index (κ3) is 3.81. The van der Waals surface area contributed by atoms with Gasteiger partial charge in [-0.3, -0.25) is 10.1 Å². The van der Waals surface area contributed by atoms with Crippen molar-refractivity contribution >= 4 is 53.5 Å². The van der Waals surface area contributed by atoms with E-state index >= 15 is 0 Å². The molecule has 0 radical (unpaired) electrons. The van der Waals surface area contributed by atoms with Gasteiger partial charge in [-0.2, -0.15) is 0 Å². The van der Waals surface area contributed by atoms with Crippen molar-refractivity contribution in [1.82, 2.24) is 0 Å². The Hall–Kier alpha value is -0.990. The van der Waals surface area contributed by atoms with Gasteiger partial charge in [0.15, 0.2) is 0 Å². The minimum Gasteiger partial charge on any atom is -0.449 e. The van der Waals surface area contributed by atoms with E-state index in [1.54, 1.807) is 12.1 Å². The van der Waals surface area contributed by atoms with E-state index in [2.05, 4.69) is 47.8 Å². The molecule has 8 heteroatoms. The molecule has 0 aliphatic heterocycles. The van der Waals surface area contributed by atoms with Crippen LogP contribution in [0.25, 0.3) is 0 Å². The number of ether oxygens (including phenoxy) is 1. The fraction of sp³-hybridized carbons (Fsp3) is 0.0769. The molecule has 0 aliphatic rings. The molecule has 0 aromatic heterocycles. The normalized spacial score (nSPS) is 10.5. The lowest BCUT2D eigenvalue weighted by Crippen LogP contribution is -1.96. The molecule has 2 aromatic rings. The molecule has 0 atom stereocenters. The zero-order chi connectivity index (χ0) is 15.6. The molecule has 0 fully saturated rings. The SMILES string of the molecule is O=[N+]([O-])c1cc(Br)c(F)cc1Oc1ccc(CBr)cc1Br. The van der Waals surface area contributed by atoms with Crippen molar-refractivity contribution in [3.8, 4) is 11.5 Å². The second-order valence-corrected chi connectivity index (χ2v) is 6.26. The smallest absolute Gasteiger partial charge is 0.312 e. The quantitative estimate of drug-likeness (QED) is 0.307. The number of nitro groups is 1. The van der Waals surface area contributed by atoms with Crippen LogP contribution in [0.15, 0.2) is 39.3 Å². The average Bonchev–Trinajstić information content (AvgIpc) is 2.44. The number of benzene rings is 2. The summed E-state index contributed by atoms with van der Waals surface area (Å²) in [6, 6.07) is 7.32. The van der Waals surface area contributed by atoms with Gasteiger partial charge in [-0.1, -0.05) is 22.0 Å². The Morgan fingerprint density at radius 1 is 1.14 bits per heavy atom. The Bertz CT molecular complexity index is 709. The molecule has 0 saturated carbocycles. The Morgan fingerprint density at radius 3 is 2.43 bits per heavy atom. The third-order valence-corrected chi connectivity index (χ3v) is 4.44. The van der Waals surface area contributed by atoms with E-state index in [9.17, 15) is 14.5 Å². The van der Waals surface area contributed by atoms with Crippen LogP contribution in [-0.4, -0.2) is 4.92 Å². The predicted molar refractivity (Wildman–Crippen MR) is 87.6 cm³/mol. The topological polar surface area (TPSA) is 52.4 Å². The molecule has 0 bridgehead atoms. The summed E-state index contributed by atoms with van der Waals surface area (Å²) in [5, 5.41) is 11.7. The van der Waals surface area contributed by atoms with Crippen molar-refractivity contribution in [3.05, 3.63) is 60.8 Å². The second-order valence-electron chi connectivity index (χ2n) is 3.99. The highest BCUT2D eigenvalue weighted by Gasteiger charge is 2.20. The number of hydrogen-bond donors (Lipinski definition) is 0. The zero-order valence-electron chi connectivity index (χ0n) is 10.3. The fourth-order valence-electron chi connectivity index (χ4n) is 1.57. The highest BCUT2D eigenvalue weighted by molar-refractivity contribution is 9.11. The van der Waals surface area contributed by atoms with Crippen LogP contribution in [0.2, 0.25) is 0 Å². The van der Waals surface area contributed by atoms with Gasteiger partial charge in [0.05, 0.1) is 13.9 Å². The van der Waals surface area contributed by atoms with Crippen molar-refractivity contribution < 1.29 is 14.1 Å². The molecule has 2 aromatic carbocycles. The largest absolute Gasteiger partial charge is 0.449 e. The van der Waals surface area contributed by atoms with Crippen LogP contribution in [0.5, 0.6) is 11.5 Å². The van der Waals surface area contributed by atoms with Gasteiger partial charge in [0.25, 0.3) is 0 Å². The van der Waals surface area contributed by atoms with Gasteiger partial charge >= 0.3 is 5.69 Å². The zero-order valence-corrected chi connectivity index (χ0v) is 15.0. The highest BCUT2D eigenvalue weighted by atomic mass is 79.9. The summed E-state index contributed by atoms with van der Waals surface area (Å²) in [5.74, 6) is -0.429. The van der Waals surface area contributed by atoms with E-state index in [1.165, 1.54) is 0 Å². The molecule has 0 amide bonds. The summed E-state index contributed by atoms with van der Waals surface area (Å²) in [5.41, 5.74) is 0.686. The fourth-order valence-corrected chi connectivity index (χ4v) is 2.76. The van der Waals surface area contributed by atoms with Crippen LogP contribution in [-0.2, 0) is 5.33 Å². The van der Waals surface area contributed by atoms with Crippen LogP contribution >= 0.6 is 47.8 Å². The second kappa shape index (κ2) is 6.85. The minimum absolute atomic E-state index is 0.00949. The van der Waals surface area contributed by atoms with Crippen molar-refractivity contribution in [3.63, 3.8) is 0 Å². The lowest BCUT2D eigenvalue weighted by Gasteiger charge is -2.10. The van der Waals surface area contributed by atoms with Crippen molar-refractivity contribution in [2.24, 2.45) is 0 Å². The Balaban J connectivity index is 2.43. The van der Waals surface area contributed by atoms with Gasteiger partial charge in [-0.05, 0) is 49.6 Å². The Labute approximate surface area is 144 Å². The monoisotopic (exact) mass is 481 g/mol. The highest BCUT2D eigenvalue weighted by Crippen LogP contribution is 2.38. The van der Waals surface area contributed by atoms with Crippen LogP contribution in [0.4, 0.5) is 10.1 Å². The molecule has 2 rings (SSSR count). The third-order valence-electron chi connectivity index (χ3n) is 2.57. The van der Waals surface area contributed by atoms with Crippen molar-refractivity contribution in [2.45, 2.75) is 5.33 Å². The molecule has 0 unspecified atom stereocenters. The number of hydrogen-bond acceptors (Lipinski definition) is 3. The van der Waals surface area contributed by atoms with Crippen molar-refractivity contribution in [1.29, 1.82) is 0 Å². The Morgan fingerprint density at radius 2 is 1.86 bits per heavy atom. The lowest BCUT2D eigenvalue weighted by atomic mass is 10.2. The first-order valence-electron chi connectivity index (χ1n) is 5.58. The molecule has 4 nitrogen and oxygen atoms in total. The Kier molecular flexibility index (Phi) is 5.34. The molecule has 110 valence electrons. The van der Waals surface area contributed by atoms with Gasteiger partial charge in [0, 0.05) is 17.5 Å². The van der Waals surface area contributed by atoms with E-state index in [-0.39, 0.29) is 15.9 Å². The first kappa shape index (κ1) is 16.4. The van der Waals surface area contributed by atoms with E-state index in [4.69, 9.17) is 4.74 Å². The maximum Gasteiger partial charge on any atom is 0.312 e. The summed E-state index contributed by atoms with van der Waals surface area (Å²) in [6.45, 7) is 0. The molecule has 0 saturated heterocycles. The van der Waals surface area contributed by atoms with Crippen LogP contribution in [0.1, 0.15) is 5.56 Å². The number of alkyl halides is 1. The minimum atomic E-state index is -0.635. The van der Waals surface area contributed by atoms with Crippen LogP contribution in [0.3, 0.4) is 0 Å². The number of nitrogens with zero attached hydrogens (tertiary/aromatic N) is 1. The van der Waals surface area contributed by atoms with E-state index < -0.39 is 10.7 Å². The number of rotatable bonds is 4. The van der Waals surface area contributed by atoms with E-state index in [0.717, 1.165) is 17.7 Å². The molecule has 0 spiro atoms. The van der Waals surface area contributed by atoms with Gasteiger partial charge in [0.1, 0.15) is 11.6 Å². The molecule has 0 heterocycles. The van der Waals surface area contributed by atoms with Crippen molar-refractivity contribution in [2.75, 3.05) is 0 Å². The molecular weight excluding hydrogens is 477 g/mol. The average molecular weight is 484 g/mol. The van der Waals surface area contributed by atoms with Crippen LogP contribution in [0, 0.1) is 15.9 Å². The van der Waals surface area contributed by atoms with Gasteiger partial charge in [-0.25, -0.2) is 4.39 Å². The van der Waals surface area contributed by atoms with Gasteiger partial charge < -0.3 is 4.74 Å². The van der Waals surface area contributed by atoms with Gasteiger partial charge in [0.2, 0.25) is 5.75 Å². The van der Waals surface area contributed by atoms with E-state index in [1.807, 2.05) is 6.07 Å². The first-order chi connectivity index (χ1) is 9.92. The number of halogens is 4. The van der Waals surface area contributed by atoms with Gasteiger partial charge in [-0.15, -0.1) is 0 Å². The molecular formula is C13H7Br3FNO3. The summed E-state index contributed by atoms with van der Waals surface area (Å²) in [6.07, 6.45) is 0. The summed E-state index contributed by atoms with van der Waals surface area (Å²) in [4.78, 5) is 10.4. The molecule has 0 N–H and O–H groups in total. The van der Waals surface area contributed by atoms with E-state index in [0.29, 0.717) is 15.6 Å². The predicted octanol–water partition coefficient (Wildman–Crippen LogP) is 5.95. The standard InChI is InChI=1S/C13H7Br3FNO3/c14-6-7-1-2-12(9(16)3-7)21-13-5-10(17)8(15)4-11(13)18(19)20/h1-5H,6H2. The van der Waals surface area contributed by atoms with Crippen LogP contribution < -0.4 is 4.74 Å². The summed E-state index contributed by atoms with van der Waals surface area (Å²) in [7, 11) is 0. The summed E-state index contributed by atoms with van der Waals surface area (Å²) < 4.78 is 19.7.